The fourth-order valence-corrected chi connectivity index (χ4v) is 4.45. The van der Waals surface area contributed by atoms with Gasteiger partial charge in [-0.15, -0.1) is 0 Å². The molecule has 0 saturated carbocycles. The van der Waals surface area contributed by atoms with Crippen LogP contribution in [0.15, 0.2) is 55.1 Å². The number of hydrogen-bond acceptors (Lipinski definition) is 7. The number of rotatable bonds is 7. The Balaban J connectivity index is 1.18. The Morgan fingerprint density at radius 2 is 2.06 bits per heavy atom. The highest BCUT2D eigenvalue weighted by Crippen LogP contribution is 2.30. The summed E-state index contributed by atoms with van der Waals surface area (Å²) in [5.41, 5.74) is 1.96. The number of benzene rings is 1. The minimum Gasteiger partial charge on any atom is -0.453 e. The molecule has 1 aromatic carbocycles. The number of amides is 1. The number of methoxy groups -OCH3 is 1. The number of nitrogens with one attached hydrogen (secondary N) is 3. The van der Waals surface area contributed by atoms with Gasteiger partial charge in [-0.05, 0) is 42.2 Å². The largest absolute Gasteiger partial charge is 0.453 e. The molecule has 1 amide bonds. The van der Waals surface area contributed by atoms with E-state index in [1.165, 1.54) is 19.1 Å². The fraction of sp³-hybridized carbons (Fsp3) is 0.280. The first-order chi connectivity index (χ1) is 17.1. The molecule has 1 aliphatic heterocycles. The van der Waals surface area contributed by atoms with E-state index in [1.54, 1.807) is 0 Å². The molecule has 3 aromatic heterocycles. The van der Waals surface area contributed by atoms with E-state index in [1.807, 2.05) is 36.7 Å². The van der Waals surface area contributed by atoms with Crippen LogP contribution in [-0.4, -0.2) is 39.3 Å². The van der Waals surface area contributed by atoms with Crippen molar-refractivity contribution in [2.75, 3.05) is 29.6 Å². The molecule has 0 aliphatic carbocycles. The van der Waals surface area contributed by atoms with E-state index in [2.05, 4.69) is 52.5 Å². The lowest BCUT2D eigenvalue weighted by atomic mass is 9.98. The van der Waals surface area contributed by atoms with Gasteiger partial charge >= 0.3 is 6.09 Å². The first kappa shape index (κ1) is 22.9. The van der Waals surface area contributed by atoms with Crippen LogP contribution in [0.1, 0.15) is 17.8 Å². The maximum Gasteiger partial charge on any atom is 0.412 e. The number of aromatic nitrogens is 4. The number of hydrogen-bond donors (Lipinski definition) is 3. The molecule has 9 nitrogen and oxygen atoms in total. The molecule has 0 fully saturated rings. The molecule has 4 heterocycles. The van der Waals surface area contributed by atoms with Gasteiger partial charge in [0.1, 0.15) is 17.5 Å². The van der Waals surface area contributed by atoms with Crippen molar-refractivity contribution in [1.82, 2.24) is 19.5 Å². The van der Waals surface area contributed by atoms with Gasteiger partial charge < -0.3 is 19.9 Å². The highest BCUT2D eigenvalue weighted by atomic mass is 35.5. The van der Waals surface area contributed by atoms with E-state index in [0.717, 1.165) is 53.8 Å². The first-order valence-corrected chi connectivity index (χ1v) is 11.8. The van der Waals surface area contributed by atoms with Crippen molar-refractivity contribution >= 4 is 45.8 Å². The van der Waals surface area contributed by atoms with Crippen molar-refractivity contribution in [2.24, 2.45) is 5.92 Å². The average molecular weight is 492 g/mol. The molecule has 1 unspecified atom stereocenters. The second-order valence-electron chi connectivity index (χ2n) is 8.51. The Kier molecular flexibility index (Phi) is 6.67. The number of halogens is 1. The van der Waals surface area contributed by atoms with Crippen LogP contribution >= 0.6 is 11.6 Å². The van der Waals surface area contributed by atoms with Crippen molar-refractivity contribution in [3.05, 3.63) is 71.5 Å². The van der Waals surface area contributed by atoms with Gasteiger partial charge in [0.2, 0.25) is 0 Å². The molecule has 10 heteroatoms. The van der Waals surface area contributed by atoms with Crippen molar-refractivity contribution in [1.29, 1.82) is 0 Å². The highest BCUT2D eigenvalue weighted by molar-refractivity contribution is 6.36. The molecule has 3 N–H and O–H groups in total. The number of carbonyl (C=O) groups excluding carboxylic acids is 1. The highest BCUT2D eigenvalue weighted by Gasteiger charge is 2.19. The summed E-state index contributed by atoms with van der Waals surface area (Å²) >= 11 is 6.36. The molecule has 35 heavy (non-hydrogen) atoms. The third-order valence-corrected chi connectivity index (χ3v) is 6.49. The first-order valence-electron chi connectivity index (χ1n) is 11.4. The second-order valence-corrected chi connectivity index (χ2v) is 8.92. The zero-order chi connectivity index (χ0) is 24.2. The molecular weight excluding hydrogens is 466 g/mol. The van der Waals surface area contributed by atoms with Gasteiger partial charge in [0.25, 0.3) is 0 Å². The summed E-state index contributed by atoms with van der Waals surface area (Å²) in [5, 5.41) is 11.5. The summed E-state index contributed by atoms with van der Waals surface area (Å²) in [6, 6.07) is 9.79. The maximum absolute atomic E-state index is 11.6. The van der Waals surface area contributed by atoms with Crippen molar-refractivity contribution < 1.29 is 9.53 Å². The average Bonchev–Trinajstić information content (AvgIpc) is 3.36. The van der Waals surface area contributed by atoms with Gasteiger partial charge in [-0.2, -0.15) is 0 Å². The Labute approximate surface area is 207 Å². The number of aryl methyl sites for hydroxylation is 1. The lowest BCUT2D eigenvalue weighted by Gasteiger charge is -2.23. The molecule has 1 aliphatic rings. The minimum absolute atomic E-state index is 0.397. The molecule has 1 atom stereocenters. The number of imidazole rings is 1. The van der Waals surface area contributed by atoms with Crippen molar-refractivity contribution in [3.8, 4) is 0 Å². The summed E-state index contributed by atoms with van der Waals surface area (Å²) in [6.07, 6.45) is 8.87. The molecule has 5 rings (SSSR count). The van der Waals surface area contributed by atoms with Crippen LogP contribution in [0.5, 0.6) is 0 Å². The zero-order valence-electron chi connectivity index (χ0n) is 19.3. The molecule has 0 bridgehead atoms. The van der Waals surface area contributed by atoms with Gasteiger partial charge in [0, 0.05) is 67.3 Å². The molecule has 0 radical (unpaired) electrons. The lowest BCUT2D eigenvalue weighted by Crippen LogP contribution is -2.25. The van der Waals surface area contributed by atoms with Gasteiger partial charge in [-0.25, -0.2) is 19.7 Å². The summed E-state index contributed by atoms with van der Waals surface area (Å²) in [6.45, 7) is 2.52. The van der Waals surface area contributed by atoms with Crippen molar-refractivity contribution in [3.63, 3.8) is 0 Å². The smallest absolute Gasteiger partial charge is 0.412 e. The number of nitrogens with zero attached hydrogens (tertiary/aromatic N) is 4. The third kappa shape index (κ3) is 5.30. The number of ether oxygens (including phenoxy) is 1. The second kappa shape index (κ2) is 10.2. The Hall–Kier alpha value is -3.85. The fourth-order valence-electron chi connectivity index (χ4n) is 4.24. The van der Waals surface area contributed by atoms with E-state index in [4.69, 9.17) is 11.6 Å². The van der Waals surface area contributed by atoms with Crippen LogP contribution in [0.3, 0.4) is 0 Å². The van der Waals surface area contributed by atoms with Crippen LogP contribution < -0.4 is 16.0 Å². The van der Waals surface area contributed by atoms with Crippen LogP contribution in [0.2, 0.25) is 5.02 Å². The monoisotopic (exact) mass is 491 g/mol. The summed E-state index contributed by atoms with van der Waals surface area (Å²) < 4.78 is 6.89. The van der Waals surface area contributed by atoms with Crippen LogP contribution in [0.4, 0.5) is 22.1 Å². The predicted octanol–water partition coefficient (Wildman–Crippen LogP) is 4.94. The summed E-state index contributed by atoms with van der Waals surface area (Å²) in [7, 11) is 1.31. The topological polar surface area (TPSA) is 106 Å². The molecule has 4 aromatic rings. The molecular formula is C25H26ClN7O2. The summed E-state index contributed by atoms with van der Waals surface area (Å²) in [5.74, 6) is 3.00. The minimum atomic E-state index is -0.584. The van der Waals surface area contributed by atoms with Crippen molar-refractivity contribution in [2.45, 2.75) is 25.9 Å². The van der Waals surface area contributed by atoms with Crippen LogP contribution in [-0.2, 0) is 24.2 Å². The van der Waals surface area contributed by atoms with Crippen LogP contribution in [0.25, 0.3) is 10.8 Å². The number of fused-ring (bicyclic) bond motifs is 2. The normalized spacial score (nSPS) is 14.9. The van der Waals surface area contributed by atoms with Gasteiger partial charge in [-0.1, -0.05) is 17.7 Å². The quantitative estimate of drug-likeness (QED) is 0.336. The standard InChI is InChI=1S/C25H26ClN7O2/c1-35-25(34)32-24-19-4-3-18(11-20(19)21(26)15-31-24)28-13-17-2-5-22(30-14-17)29-12-16-6-8-33-9-7-27-23(33)10-16/h2-5,7,9,11,14-16,28H,6,8,10,12-13H2,1H3,(H,29,30)(H,31,32,34). The molecule has 0 spiro atoms. The Morgan fingerprint density at radius 1 is 1.14 bits per heavy atom. The lowest BCUT2D eigenvalue weighted by molar-refractivity contribution is 0.187. The third-order valence-electron chi connectivity index (χ3n) is 6.19. The van der Waals surface area contributed by atoms with Crippen LogP contribution in [0, 0.1) is 5.92 Å². The number of carbonyl (C=O) groups is 1. The van der Waals surface area contributed by atoms with E-state index < -0.39 is 6.09 Å². The van der Waals surface area contributed by atoms with Gasteiger partial charge in [-0.3, -0.25) is 5.32 Å². The molecule has 180 valence electrons. The zero-order valence-corrected chi connectivity index (χ0v) is 20.0. The Bertz CT molecular complexity index is 1340. The van der Waals surface area contributed by atoms with Gasteiger partial charge in [0.05, 0.1) is 12.1 Å². The summed E-state index contributed by atoms with van der Waals surface area (Å²) in [4.78, 5) is 24.8. The van der Waals surface area contributed by atoms with E-state index in [9.17, 15) is 4.79 Å². The number of anilines is 3. The molecule has 0 saturated heterocycles. The van der Waals surface area contributed by atoms with E-state index in [0.29, 0.717) is 23.3 Å². The van der Waals surface area contributed by atoms with Gasteiger partial charge in [0.15, 0.2) is 0 Å². The SMILES string of the molecule is COC(=O)Nc1ncc(Cl)c2cc(NCc3ccc(NCC4CCn5ccnc5C4)nc3)ccc12. The van der Waals surface area contributed by atoms with E-state index in [-0.39, 0.29) is 0 Å². The predicted molar refractivity (Wildman–Crippen MR) is 137 cm³/mol. The number of pyridine rings is 2. The Morgan fingerprint density at radius 3 is 2.89 bits per heavy atom. The maximum atomic E-state index is 11.6. The van der Waals surface area contributed by atoms with E-state index >= 15 is 0 Å².